The fraction of sp³-hybridized carbons (Fsp3) is 0.333. The van der Waals surface area contributed by atoms with Gasteiger partial charge in [-0.05, 0) is 107 Å². The number of nitrogens with one attached hydrogen (secondary N) is 2. The molecule has 12 rings (SSSR count). The van der Waals surface area contributed by atoms with Crippen LogP contribution in [0.3, 0.4) is 0 Å². The van der Waals surface area contributed by atoms with Crippen LogP contribution >= 0.6 is 0 Å². The van der Waals surface area contributed by atoms with Gasteiger partial charge in [-0.25, -0.2) is 28.7 Å². The van der Waals surface area contributed by atoms with Gasteiger partial charge in [-0.15, -0.1) is 0 Å². The van der Waals surface area contributed by atoms with Gasteiger partial charge in [-0.3, -0.25) is 9.80 Å². The van der Waals surface area contributed by atoms with Crippen molar-refractivity contribution >= 4 is 23.3 Å². The number of halogens is 2. The Balaban J connectivity index is 0.000000169. The van der Waals surface area contributed by atoms with Crippen molar-refractivity contribution in [3.63, 3.8) is 0 Å². The van der Waals surface area contributed by atoms with Crippen LogP contribution in [-0.4, -0.2) is 146 Å². The van der Waals surface area contributed by atoms with Crippen LogP contribution in [0.5, 0.6) is 0 Å². The largest absolute Gasteiger partial charge is 0.383 e. The Labute approximate surface area is 469 Å². The summed E-state index contributed by atoms with van der Waals surface area (Å²) in [7, 11) is 3.53. The van der Waals surface area contributed by atoms with Gasteiger partial charge in [0, 0.05) is 139 Å². The number of rotatable bonds is 18. The molecule has 6 aromatic carbocycles. The van der Waals surface area contributed by atoms with Gasteiger partial charge in [-0.2, -0.15) is 0 Å². The van der Waals surface area contributed by atoms with Crippen LogP contribution in [0.1, 0.15) is 56.3 Å². The summed E-state index contributed by atoms with van der Waals surface area (Å²) in [6.07, 6.45) is 7.13. The van der Waals surface area contributed by atoms with E-state index < -0.39 is 0 Å². The van der Waals surface area contributed by atoms with Crippen molar-refractivity contribution < 1.29 is 18.3 Å². The maximum Gasteiger partial charge on any atom is 0.227 e. The van der Waals surface area contributed by atoms with E-state index in [1.807, 2.05) is 60.9 Å². The van der Waals surface area contributed by atoms with Crippen LogP contribution in [0.4, 0.5) is 32.1 Å². The second kappa shape index (κ2) is 26.3. The Morgan fingerprint density at radius 2 is 0.825 bits per heavy atom. The molecule has 412 valence electrons. The molecule has 0 radical (unpaired) electrons. The number of hydrogen-bond acceptors (Lipinski definition) is 12. The minimum absolute atomic E-state index is 0.0580. The molecular weight excluding hydrogens is 1000 g/mol. The number of aromatic nitrogens is 4. The molecule has 0 amide bonds. The summed E-state index contributed by atoms with van der Waals surface area (Å²) in [5.41, 5.74) is 14.2. The highest BCUT2D eigenvalue weighted by Gasteiger charge is 2.31. The zero-order valence-electron chi connectivity index (χ0n) is 46.0. The molecule has 4 aliphatic rings. The number of benzene rings is 6. The lowest BCUT2D eigenvalue weighted by atomic mass is 9.78. The topological polar surface area (TPSA) is 107 Å². The Kier molecular flexibility index (Phi) is 18.0. The van der Waals surface area contributed by atoms with Crippen molar-refractivity contribution in [3.8, 4) is 22.5 Å². The van der Waals surface area contributed by atoms with Gasteiger partial charge >= 0.3 is 0 Å². The molecule has 14 heteroatoms. The first-order chi connectivity index (χ1) is 39.3. The summed E-state index contributed by atoms with van der Waals surface area (Å²) in [6, 6.07) is 47.6. The zero-order valence-corrected chi connectivity index (χ0v) is 46.0. The molecule has 80 heavy (non-hydrogen) atoms. The van der Waals surface area contributed by atoms with E-state index >= 15 is 0 Å². The zero-order chi connectivity index (χ0) is 54.6. The van der Waals surface area contributed by atoms with Gasteiger partial charge in [0.2, 0.25) is 11.9 Å². The Morgan fingerprint density at radius 1 is 0.450 bits per heavy atom. The average molecular weight is 1080 g/mol. The molecule has 2 N–H and O–H groups in total. The second-order valence-corrected chi connectivity index (χ2v) is 21.4. The number of hydrogen-bond donors (Lipinski definition) is 2. The monoisotopic (exact) mass is 1070 g/mol. The highest BCUT2D eigenvalue weighted by Crippen LogP contribution is 2.44. The van der Waals surface area contributed by atoms with Gasteiger partial charge in [0.05, 0.1) is 24.6 Å². The molecule has 2 aliphatic carbocycles. The lowest BCUT2D eigenvalue weighted by molar-refractivity contribution is 0.0975. The fourth-order valence-corrected chi connectivity index (χ4v) is 11.8. The summed E-state index contributed by atoms with van der Waals surface area (Å²) in [4.78, 5) is 29.2. The van der Waals surface area contributed by atoms with Gasteiger partial charge in [0.15, 0.2) is 0 Å². The van der Waals surface area contributed by atoms with Gasteiger partial charge in [0.1, 0.15) is 11.6 Å². The first kappa shape index (κ1) is 54.6. The highest BCUT2D eigenvalue weighted by atomic mass is 19.1. The van der Waals surface area contributed by atoms with E-state index in [1.165, 1.54) is 23.3 Å². The third-order valence-corrected chi connectivity index (χ3v) is 16.3. The third kappa shape index (κ3) is 13.3. The van der Waals surface area contributed by atoms with E-state index in [1.54, 1.807) is 26.4 Å². The minimum atomic E-state index is -0.172. The first-order valence-corrected chi connectivity index (χ1v) is 28.3. The van der Waals surface area contributed by atoms with E-state index in [2.05, 4.69) is 113 Å². The van der Waals surface area contributed by atoms with Crippen LogP contribution in [0, 0.1) is 11.6 Å². The molecule has 0 bridgehead atoms. The van der Waals surface area contributed by atoms with E-state index in [0.717, 1.165) is 161 Å². The summed E-state index contributed by atoms with van der Waals surface area (Å²) in [5.74, 6) is 0.683. The van der Waals surface area contributed by atoms with Crippen molar-refractivity contribution in [3.05, 3.63) is 214 Å². The van der Waals surface area contributed by atoms with E-state index in [-0.39, 0.29) is 23.5 Å². The Morgan fingerprint density at radius 3 is 1.23 bits per heavy atom. The fourth-order valence-electron chi connectivity index (χ4n) is 11.8. The van der Waals surface area contributed by atoms with Crippen LogP contribution in [-0.2, 0) is 35.2 Å². The maximum absolute atomic E-state index is 14.8. The van der Waals surface area contributed by atoms with Gasteiger partial charge < -0.3 is 29.9 Å². The third-order valence-electron chi connectivity index (χ3n) is 16.3. The number of fused-ring (bicyclic) bond motifs is 6. The highest BCUT2D eigenvalue weighted by molar-refractivity contribution is 5.74. The number of methoxy groups -OCH3 is 2. The molecule has 0 saturated carbocycles. The number of nitrogens with zero attached hydrogens (tertiary/aromatic N) is 8. The number of anilines is 4. The van der Waals surface area contributed by atoms with E-state index in [9.17, 15) is 8.78 Å². The number of piperazine rings is 2. The normalized spacial score (nSPS) is 17.3. The summed E-state index contributed by atoms with van der Waals surface area (Å²) in [5, 5.41) is 6.85. The molecule has 0 spiro atoms. The molecule has 4 heterocycles. The van der Waals surface area contributed by atoms with Gasteiger partial charge in [0.25, 0.3) is 0 Å². The van der Waals surface area contributed by atoms with E-state index in [4.69, 9.17) is 19.4 Å². The predicted octanol–water partition coefficient (Wildman–Crippen LogP) is 11.0. The molecule has 2 atom stereocenters. The lowest BCUT2D eigenvalue weighted by Crippen LogP contribution is -2.47. The molecule has 2 aliphatic heterocycles. The predicted molar refractivity (Wildman–Crippen MR) is 315 cm³/mol. The quantitative estimate of drug-likeness (QED) is 0.0854. The van der Waals surface area contributed by atoms with Crippen molar-refractivity contribution in [2.24, 2.45) is 0 Å². The lowest BCUT2D eigenvalue weighted by Gasteiger charge is -2.34. The smallest absolute Gasteiger partial charge is 0.227 e. The van der Waals surface area contributed by atoms with Crippen molar-refractivity contribution in [1.29, 1.82) is 0 Å². The number of ether oxygens (including phenoxy) is 2. The Hall–Kier alpha value is -7.30. The summed E-state index contributed by atoms with van der Waals surface area (Å²) >= 11 is 0. The van der Waals surface area contributed by atoms with Crippen molar-refractivity contribution in [2.45, 2.75) is 37.5 Å². The van der Waals surface area contributed by atoms with Gasteiger partial charge in [-0.1, -0.05) is 109 Å². The average Bonchev–Trinajstić information content (AvgIpc) is 3.61. The van der Waals surface area contributed by atoms with Crippen molar-refractivity contribution in [2.75, 3.05) is 117 Å². The van der Waals surface area contributed by atoms with Crippen LogP contribution in [0.2, 0.25) is 0 Å². The van der Waals surface area contributed by atoms with Crippen LogP contribution in [0.25, 0.3) is 22.5 Å². The van der Waals surface area contributed by atoms with Crippen LogP contribution in [0.15, 0.2) is 158 Å². The second-order valence-electron chi connectivity index (χ2n) is 21.4. The summed E-state index contributed by atoms with van der Waals surface area (Å²) < 4.78 is 39.9. The molecule has 0 unspecified atom stereocenters. The molecule has 2 aromatic heterocycles. The SMILES string of the molecule is COCCN1CCN(CCc2cccc(Nc3ncc4c(n3)-c3ccccc3[C@H](c3ccccc3F)C4)c2)CC1.COCCN1CCN(CCc2cccc(Nc3ncc4c(n3)-c3ccccc3[C@H](c3ccccc3F)C4)c2)CC1. The Bertz CT molecular complexity index is 3120. The van der Waals surface area contributed by atoms with Crippen LogP contribution < -0.4 is 10.6 Å². The molecular formula is C66H72F2N10O2. The molecule has 2 saturated heterocycles. The molecule has 8 aromatic rings. The first-order valence-electron chi connectivity index (χ1n) is 28.3. The molecule has 2 fully saturated rings. The maximum atomic E-state index is 14.8. The van der Waals surface area contributed by atoms with E-state index in [0.29, 0.717) is 35.9 Å². The standard InChI is InChI=1S/2C33H36FN5O/c2*1-40-20-19-39-17-15-38(16-18-39)14-13-24-7-6-8-26(21-24)36-33-35-23-25-22-30(28-10-4-5-12-31(28)34)27-9-2-3-11-29(27)32(25)37-33/h2*2-12,21,23,30H,13-20,22H2,1H3,(H,35,36,37)/t2*30-/m11/s1. The molecule has 12 nitrogen and oxygen atoms in total. The summed E-state index contributed by atoms with van der Waals surface area (Å²) in [6.45, 7) is 14.5. The van der Waals surface area contributed by atoms with Crippen molar-refractivity contribution in [1.82, 2.24) is 39.5 Å². The minimum Gasteiger partial charge on any atom is -0.383 e.